The van der Waals surface area contributed by atoms with Crippen LogP contribution in [0.15, 0.2) is 27.6 Å². The number of hydrogen-bond acceptors (Lipinski definition) is 3. The highest BCUT2D eigenvalue weighted by molar-refractivity contribution is 9.10. The van der Waals surface area contributed by atoms with Gasteiger partial charge in [-0.05, 0) is 53.9 Å². The van der Waals surface area contributed by atoms with Gasteiger partial charge in [0.2, 0.25) is 10.0 Å². The predicted octanol–water partition coefficient (Wildman–Crippen LogP) is 3.09. The van der Waals surface area contributed by atoms with E-state index in [0.717, 1.165) is 0 Å². The predicted molar refractivity (Wildman–Crippen MR) is 82.4 cm³/mol. The molecule has 0 radical (unpaired) electrons. The Morgan fingerprint density at radius 1 is 1.26 bits per heavy atom. The van der Waals surface area contributed by atoms with Crippen LogP contribution in [0.25, 0.3) is 0 Å². The van der Waals surface area contributed by atoms with E-state index in [2.05, 4.69) is 15.9 Å². The van der Waals surface area contributed by atoms with Crippen molar-refractivity contribution in [2.24, 2.45) is 5.92 Å². The summed E-state index contributed by atoms with van der Waals surface area (Å²) in [5, 5.41) is 0. The molecule has 4 nitrogen and oxygen atoms in total. The van der Waals surface area contributed by atoms with Crippen LogP contribution >= 0.6 is 15.9 Å². The number of nitrogen functional groups attached to an aromatic ring is 1. The molecule has 1 aromatic carbocycles. The van der Waals surface area contributed by atoms with Gasteiger partial charge in [0, 0.05) is 22.7 Å². The van der Waals surface area contributed by atoms with Crippen LogP contribution in [0.5, 0.6) is 0 Å². The summed E-state index contributed by atoms with van der Waals surface area (Å²) in [5.41, 5.74) is 6.18. The molecule has 0 fully saturated rings. The maximum atomic E-state index is 12.7. The van der Waals surface area contributed by atoms with Crippen molar-refractivity contribution in [2.45, 2.75) is 38.6 Å². The number of sulfonamides is 1. The van der Waals surface area contributed by atoms with Crippen LogP contribution in [0.1, 0.15) is 27.7 Å². The third-order valence-corrected chi connectivity index (χ3v) is 5.68. The van der Waals surface area contributed by atoms with Crippen molar-refractivity contribution in [3.63, 3.8) is 0 Å². The quantitative estimate of drug-likeness (QED) is 0.831. The summed E-state index contributed by atoms with van der Waals surface area (Å²) in [7, 11) is -3.51. The third-order valence-electron chi connectivity index (χ3n) is 2.66. The number of rotatable bonds is 5. The first kappa shape index (κ1) is 16.5. The Labute approximate surface area is 124 Å². The van der Waals surface area contributed by atoms with E-state index in [4.69, 9.17) is 5.73 Å². The molecule has 6 heteroatoms. The normalized spacial score (nSPS) is 12.6. The molecule has 0 unspecified atom stereocenters. The standard InChI is InChI=1S/C13H21BrN2O2S/c1-9(2)8-16(10(3)4)19(17,18)13-6-5-11(15)7-12(13)14/h5-7,9-10H,8,15H2,1-4H3. The highest BCUT2D eigenvalue weighted by Gasteiger charge is 2.29. The summed E-state index contributed by atoms with van der Waals surface area (Å²) in [6.07, 6.45) is 0. The molecule has 0 atom stereocenters. The van der Waals surface area contributed by atoms with Crippen LogP contribution in [-0.2, 0) is 10.0 Å². The fourth-order valence-corrected chi connectivity index (χ4v) is 4.66. The van der Waals surface area contributed by atoms with Crippen molar-refractivity contribution < 1.29 is 8.42 Å². The largest absolute Gasteiger partial charge is 0.399 e. The molecule has 19 heavy (non-hydrogen) atoms. The zero-order chi connectivity index (χ0) is 14.8. The fraction of sp³-hybridized carbons (Fsp3) is 0.538. The molecule has 2 N–H and O–H groups in total. The summed E-state index contributed by atoms with van der Waals surface area (Å²) < 4.78 is 27.4. The lowest BCUT2D eigenvalue weighted by atomic mass is 10.2. The Balaban J connectivity index is 3.27. The molecule has 0 aliphatic carbocycles. The first-order chi connectivity index (χ1) is 8.66. The summed E-state index contributed by atoms with van der Waals surface area (Å²) >= 11 is 3.28. The fourth-order valence-electron chi connectivity index (χ4n) is 1.80. The van der Waals surface area contributed by atoms with E-state index in [9.17, 15) is 8.42 Å². The van der Waals surface area contributed by atoms with Crippen molar-refractivity contribution in [1.29, 1.82) is 0 Å². The van der Waals surface area contributed by atoms with Gasteiger partial charge in [-0.25, -0.2) is 8.42 Å². The van der Waals surface area contributed by atoms with Crippen molar-refractivity contribution in [2.75, 3.05) is 12.3 Å². The van der Waals surface area contributed by atoms with Gasteiger partial charge in [-0.15, -0.1) is 0 Å². The van der Waals surface area contributed by atoms with Gasteiger partial charge in [0.05, 0.1) is 4.90 Å². The molecule has 108 valence electrons. The monoisotopic (exact) mass is 348 g/mol. The lowest BCUT2D eigenvalue weighted by molar-refractivity contribution is 0.319. The van der Waals surface area contributed by atoms with E-state index in [1.54, 1.807) is 18.2 Å². The van der Waals surface area contributed by atoms with Crippen LogP contribution < -0.4 is 5.73 Å². The van der Waals surface area contributed by atoms with Gasteiger partial charge in [-0.2, -0.15) is 4.31 Å². The Kier molecular flexibility index (Phi) is 5.41. The molecule has 1 aromatic rings. The van der Waals surface area contributed by atoms with Gasteiger partial charge < -0.3 is 5.73 Å². The molecule has 0 heterocycles. The molecule has 0 amide bonds. The molecular weight excluding hydrogens is 328 g/mol. The van der Waals surface area contributed by atoms with Crippen molar-refractivity contribution in [3.8, 4) is 0 Å². The molecule has 0 aliphatic heterocycles. The first-order valence-electron chi connectivity index (χ1n) is 6.23. The van der Waals surface area contributed by atoms with Gasteiger partial charge in [0.1, 0.15) is 0 Å². The zero-order valence-corrected chi connectivity index (χ0v) is 14.1. The lowest BCUT2D eigenvalue weighted by Crippen LogP contribution is -2.39. The summed E-state index contributed by atoms with van der Waals surface area (Å²) in [5.74, 6) is 0.268. The minimum atomic E-state index is -3.51. The summed E-state index contributed by atoms with van der Waals surface area (Å²) in [6, 6.07) is 4.67. The number of benzene rings is 1. The molecule has 0 saturated heterocycles. The highest BCUT2D eigenvalue weighted by atomic mass is 79.9. The van der Waals surface area contributed by atoms with Crippen LogP contribution in [0.4, 0.5) is 5.69 Å². The molecule has 0 saturated carbocycles. The second-order valence-electron chi connectivity index (χ2n) is 5.25. The average molecular weight is 349 g/mol. The van der Waals surface area contributed by atoms with Gasteiger partial charge in [-0.1, -0.05) is 13.8 Å². The second kappa shape index (κ2) is 6.24. The van der Waals surface area contributed by atoms with Gasteiger partial charge in [0.15, 0.2) is 0 Å². The SMILES string of the molecule is CC(C)CN(C(C)C)S(=O)(=O)c1ccc(N)cc1Br. The Morgan fingerprint density at radius 2 is 1.84 bits per heavy atom. The second-order valence-corrected chi connectivity index (χ2v) is 7.97. The zero-order valence-electron chi connectivity index (χ0n) is 11.7. The molecule has 0 aliphatic rings. The number of halogens is 1. The van der Waals surface area contributed by atoms with Crippen LogP contribution in [-0.4, -0.2) is 25.3 Å². The summed E-state index contributed by atoms with van der Waals surface area (Å²) in [4.78, 5) is 0.260. The van der Waals surface area contributed by atoms with Crippen molar-refractivity contribution in [1.82, 2.24) is 4.31 Å². The van der Waals surface area contributed by atoms with E-state index in [-0.39, 0.29) is 16.9 Å². The van der Waals surface area contributed by atoms with Crippen LogP contribution in [0.2, 0.25) is 0 Å². The van der Waals surface area contributed by atoms with Crippen LogP contribution in [0.3, 0.4) is 0 Å². The highest BCUT2D eigenvalue weighted by Crippen LogP contribution is 2.28. The number of nitrogens with two attached hydrogens (primary N) is 1. The van der Waals surface area contributed by atoms with Gasteiger partial charge >= 0.3 is 0 Å². The lowest BCUT2D eigenvalue weighted by Gasteiger charge is -2.28. The van der Waals surface area contributed by atoms with E-state index in [1.807, 2.05) is 27.7 Å². The topological polar surface area (TPSA) is 63.4 Å². The van der Waals surface area contributed by atoms with E-state index in [1.165, 1.54) is 4.31 Å². The molecule has 1 rings (SSSR count). The average Bonchev–Trinajstić information content (AvgIpc) is 2.24. The maximum Gasteiger partial charge on any atom is 0.244 e. The Hall–Kier alpha value is -0.590. The van der Waals surface area contributed by atoms with Crippen molar-refractivity contribution in [3.05, 3.63) is 22.7 Å². The number of hydrogen-bond donors (Lipinski definition) is 1. The van der Waals surface area contributed by atoms with E-state index in [0.29, 0.717) is 16.7 Å². The minimum Gasteiger partial charge on any atom is -0.399 e. The van der Waals surface area contributed by atoms with Crippen LogP contribution in [0, 0.1) is 5.92 Å². The van der Waals surface area contributed by atoms with Gasteiger partial charge in [0.25, 0.3) is 0 Å². The first-order valence-corrected chi connectivity index (χ1v) is 8.46. The summed E-state index contributed by atoms with van der Waals surface area (Å²) in [6.45, 7) is 8.26. The Bertz CT molecular complexity index is 542. The number of anilines is 1. The molecule has 0 aromatic heterocycles. The number of nitrogens with zero attached hydrogens (tertiary/aromatic N) is 1. The van der Waals surface area contributed by atoms with E-state index >= 15 is 0 Å². The molecule has 0 bridgehead atoms. The minimum absolute atomic E-state index is 0.0862. The van der Waals surface area contributed by atoms with E-state index < -0.39 is 10.0 Å². The smallest absolute Gasteiger partial charge is 0.244 e. The maximum absolute atomic E-state index is 12.7. The molecular formula is C13H21BrN2O2S. The third kappa shape index (κ3) is 3.94. The molecule has 0 spiro atoms. The van der Waals surface area contributed by atoms with Crippen molar-refractivity contribution >= 4 is 31.6 Å². The van der Waals surface area contributed by atoms with Gasteiger partial charge in [-0.3, -0.25) is 0 Å². The Morgan fingerprint density at radius 3 is 2.26 bits per heavy atom.